The smallest absolute Gasteiger partial charge is 0.274 e. The van der Waals surface area contributed by atoms with Crippen molar-refractivity contribution in [3.8, 4) is 11.3 Å². The van der Waals surface area contributed by atoms with Crippen LogP contribution in [-0.2, 0) is 0 Å². The molecule has 1 unspecified atom stereocenters. The van der Waals surface area contributed by atoms with Gasteiger partial charge in [-0.05, 0) is 25.7 Å². The van der Waals surface area contributed by atoms with Crippen molar-refractivity contribution in [3.05, 3.63) is 41.9 Å². The lowest BCUT2D eigenvalue weighted by Gasteiger charge is -2.15. The molecule has 1 aliphatic rings. The highest BCUT2D eigenvalue weighted by atomic mass is 16.3. The predicted octanol–water partition coefficient (Wildman–Crippen LogP) is 2.12. The topological polar surface area (TPSA) is 81.2 Å². The number of carbonyl (C=O) groups is 1. The average Bonchev–Trinajstić information content (AvgIpc) is 3.21. The molecule has 0 spiro atoms. The standard InChI is InChI=1S/C16H19N3O2/c1-10-2-4-12(5-3-10)15-14(18-9-21-15)16(20)19-13(8-17)11-6-7-11/h2-5,9,11,13H,6-8,17H2,1H3,(H,19,20). The Morgan fingerprint density at radius 3 is 2.76 bits per heavy atom. The molecule has 1 aliphatic carbocycles. The molecule has 1 aromatic carbocycles. The van der Waals surface area contributed by atoms with Gasteiger partial charge in [0, 0.05) is 18.2 Å². The van der Waals surface area contributed by atoms with Crippen molar-refractivity contribution in [2.75, 3.05) is 6.54 Å². The first-order valence-corrected chi connectivity index (χ1v) is 7.20. The van der Waals surface area contributed by atoms with Crippen LogP contribution in [0.5, 0.6) is 0 Å². The summed E-state index contributed by atoms with van der Waals surface area (Å²) in [5, 5.41) is 2.97. The van der Waals surface area contributed by atoms with Gasteiger partial charge in [-0.15, -0.1) is 0 Å². The van der Waals surface area contributed by atoms with Crippen molar-refractivity contribution in [1.29, 1.82) is 0 Å². The normalized spacial score (nSPS) is 15.7. The third-order valence-corrected chi connectivity index (χ3v) is 3.86. The number of nitrogens with one attached hydrogen (secondary N) is 1. The number of nitrogens with zero attached hydrogens (tertiary/aromatic N) is 1. The van der Waals surface area contributed by atoms with Gasteiger partial charge in [-0.1, -0.05) is 29.8 Å². The Morgan fingerprint density at radius 1 is 1.43 bits per heavy atom. The highest BCUT2D eigenvalue weighted by Gasteiger charge is 2.32. The Labute approximate surface area is 123 Å². The fraction of sp³-hybridized carbons (Fsp3) is 0.375. The summed E-state index contributed by atoms with van der Waals surface area (Å²) in [6.45, 7) is 2.47. The Bertz CT molecular complexity index is 629. The molecule has 0 saturated heterocycles. The van der Waals surface area contributed by atoms with Gasteiger partial charge in [0.15, 0.2) is 17.8 Å². The van der Waals surface area contributed by atoms with E-state index in [4.69, 9.17) is 10.2 Å². The van der Waals surface area contributed by atoms with E-state index in [0.717, 1.165) is 24.0 Å². The maximum absolute atomic E-state index is 12.4. The Balaban J connectivity index is 1.81. The molecule has 1 atom stereocenters. The van der Waals surface area contributed by atoms with Crippen LogP contribution in [0.4, 0.5) is 0 Å². The van der Waals surface area contributed by atoms with Gasteiger partial charge < -0.3 is 15.5 Å². The highest BCUT2D eigenvalue weighted by Crippen LogP contribution is 2.32. The summed E-state index contributed by atoms with van der Waals surface area (Å²) in [7, 11) is 0. The van der Waals surface area contributed by atoms with E-state index in [1.54, 1.807) is 0 Å². The van der Waals surface area contributed by atoms with Crippen molar-refractivity contribution in [2.24, 2.45) is 11.7 Å². The van der Waals surface area contributed by atoms with Crippen LogP contribution in [-0.4, -0.2) is 23.5 Å². The number of rotatable bonds is 5. The first-order valence-electron chi connectivity index (χ1n) is 7.20. The van der Waals surface area contributed by atoms with Crippen molar-refractivity contribution >= 4 is 5.91 Å². The van der Waals surface area contributed by atoms with Crippen LogP contribution in [0.3, 0.4) is 0 Å². The van der Waals surface area contributed by atoms with Gasteiger partial charge in [0.1, 0.15) is 0 Å². The molecule has 0 radical (unpaired) electrons. The Hall–Kier alpha value is -2.14. The molecule has 0 bridgehead atoms. The molecule has 0 aliphatic heterocycles. The van der Waals surface area contributed by atoms with Crippen LogP contribution >= 0.6 is 0 Å². The summed E-state index contributed by atoms with van der Waals surface area (Å²) < 4.78 is 5.40. The lowest BCUT2D eigenvalue weighted by molar-refractivity contribution is 0.0929. The van der Waals surface area contributed by atoms with Gasteiger partial charge in [-0.2, -0.15) is 0 Å². The van der Waals surface area contributed by atoms with Gasteiger partial charge in [-0.25, -0.2) is 4.98 Å². The van der Waals surface area contributed by atoms with E-state index in [-0.39, 0.29) is 11.9 Å². The number of amides is 1. The minimum atomic E-state index is -0.221. The Morgan fingerprint density at radius 2 is 2.14 bits per heavy atom. The van der Waals surface area contributed by atoms with E-state index in [1.165, 1.54) is 6.39 Å². The minimum absolute atomic E-state index is 0.0278. The SMILES string of the molecule is Cc1ccc(-c2ocnc2C(=O)NC(CN)C2CC2)cc1. The molecular formula is C16H19N3O2. The lowest BCUT2D eigenvalue weighted by Crippen LogP contribution is -2.42. The van der Waals surface area contributed by atoms with Crippen molar-refractivity contribution in [2.45, 2.75) is 25.8 Å². The molecule has 21 heavy (non-hydrogen) atoms. The molecule has 5 heteroatoms. The molecule has 3 rings (SSSR count). The molecule has 1 fully saturated rings. The lowest BCUT2D eigenvalue weighted by atomic mass is 10.1. The zero-order valence-corrected chi connectivity index (χ0v) is 12.0. The molecule has 1 amide bonds. The first kappa shape index (κ1) is 13.8. The largest absolute Gasteiger partial charge is 0.443 e. The van der Waals surface area contributed by atoms with E-state index in [2.05, 4.69) is 10.3 Å². The number of aromatic nitrogens is 1. The number of aryl methyl sites for hydroxylation is 1. The van der Waals surface area contributed by atoms with Gasteiger partial charge in [0.05, 0.1) is 0 Å². The minimum Gasteiger partial charge on any atom is -0.443 e. The number of oxazole rings is 1. The van der Waals surface area contributed by atoms with E-state index >= 15 is 0 Å². The molecule has 2 aromatic rings. The van der Waals surface area contributed by atoms with Gasteiger partial charge >= 0.3 is 0 Å². The molecule has 5 nitrogen and oxygen atoms in total. The Kier molecular flexibility index (Phi) is 3.75. The van der Waals surface area contributed by atoms with Crippen molar-refractivity contribution in [1.82, 2.24) is 10.3 Å². The number of carbonyl (C=O) groups excluding carboxylic acids is 1. The third kappa shape index (κ3) is 2.97. The summed E-state index contributed by atoms with van der Waals surface area (Å²) in [4.78, 5) is 16.4. The average molecular weight is 285 g/mol. The van der Waals surface area contributed by atoms with Crippen molar-refractivity contribution in [3.63, 3.8) is 0 Å². The maximum atomic E-state index is 12.4. The summed E-state index contributed by atoms with van der Waals surface area (Å²) in [6, 6.07) is 7.83. The van der Waals surface area contributed by atoms with E-state index < -0.39 is 0 Å². The summed E-state index contributed by atoms with van der Waals surface area (Å²) in [6.07, 6.45) is 3.57. The zero-order chi connectivity index (χ0) is 14.8. The highest BCUT2D eigenvalue weighted by molar-refractivity contribution is 5.97. The number of benzene rings is 1. The van der Waals surface area contributed by atoms with Crippen LogP contribution in [0, 0.1) is 12.8 Å². The molecule has 1 heterocycles. The molecule has 1 saturated carbocycles. The maximum Gasteiger partial charge on any atom is 0.274 e. The first-order chi connectivity index (χ1) is 10.2. The fourth-order valence-corrected chi connectivity index (χ4v) is 2.42. The molecule has 110 valence electrons. The summed E-state index contributed by atoms with van der Waals surface area (Å²) >= 11 is 0. The second-order valence-electron chi connectivity index (χ2n) is 5.55. The number of hydrogen-bond acceptors (Lipinski definition) is 4. The van der Waals surface area contributed by atoms with E-state index in [9.17, 15) is 4.79 Å². The molecule has 3 N–H and O–H groups in total. The van der Waals surface area contributed by atoms with Crippen LogP contribution in [0.2, 0.25) is 0 Å². The number of hydrogen-bond donors (Lipinski definition) is 2. The van der Waals surface area contributed by atoms with Gasteiger partial charge in [-0.3, -0.25) is 4.79 Å². The zero-order valence-electron chi connectivity index (χ0n) is 12.0. The third-order valence-electron chi connectivity index (χ3n) is 3.86. The summed E-state index contributed by atoms with van der Waals surface area (Å²) in [5.74, 6) is 0.786. The number of nitrogens with two attached hydrogens (primary N) is 1. The van der Waals surface area contributed by atoms with Crippen LogP contribution < -0.4 is 11.1 Å². The fourth-order valence-electron chi connectivity index (χ4n) is 2.42. The monoisotopic (exact) mass is 285 g/mol. The molecular weight excluding hydrogens is 266 g/mol. The second-order valence-corrected chi connectivity index (χ2v) is 5.55. The second kappa shape index (κ2) is 5.69. The van der Waals surface area contributed by atoms with Crippen molar-refractivity contribution < 1.29 is 9.21 Å². The van der Waals surface area contributed by atoms with Gasteiger partial charge in [0.25, 0.3) is 5.91 Å². The summed E-state index contributed by atoms with van der Waals surface area (Å²) in [5.41, 5.74) is 8.04. The van der Waals surface area contributed by atoms with E-state index in [0.29, 0.717) is 23.9 Å². The van der Waals surface area contributed by atoms with Gasteiger partial charge in [0.2, 0.25) is 0 Å². The quantitative estimate of drug-likeness (QED) is 0.881. The van der Waals surface area contributed by atoms with Crippen LogP contribution in [0.15, 0.2) is 35.1 Å². The molecule has 1 aromatic heterocycles. The van der Waals surface area contributed by atoms with Crippen LogP contribution in [0.1, 0.15) is 28.9 Å². The predicted molar refractivity (Wildman–Crippen MR) is 79.7 cm³/mol. The van der Waals surface area contributed by atoms with E-state index in [1.807, 2.05) is 31.2 Å². The van der Waals surface area contributed by atoms with Crippen LogP contribution in [0.25, 0.3) is 11.3 Å².